The summed E-state index contributed by atoms with van der Waals surface area (Å²) in [7, 11) is 1.72. The summed E-state index contributed by atoms with van der Waals surface area (Å²) in [6.45, 7) is 7.56. The Labute approximate surface area is 118 Å². The summed E-state index contributed by atoms with van der Waals surface area (Å²) < 4.78 is 7.19. The third-order valence-corrected chi connectivity index (χ3v) is 4.07. The summed E-state index contributed by atoms with van der Waals surface area (Å²) >= 11 is 1.78. The Hall–Kier alpha value is -1.17. The number of hydrogen-bond acceptors (Lipinski definition) is 4. The quantitative estimate of drug-likeness (QED) is 0.791. The van der Waals surface area contributed by atoms with E-state index in [-0.39, 0.29) is 0 Å². The number of rotatable bonds is 7. The summed E-state index contributed by atoms with van der Waals surface area (Å²) in [5.74, 6) is 0. The monoisotopic (exact) mass is 279 g/mol. The van der Waals surface area contributed by atoms with Gasteiger partial charge < -0.3 is 14.6 Å². The van der Waals surface area contributed by atoms with Crippen molar-refractivity contribution in [1.29, 1.82) is 0 Å². The molecular weight excluding hydrogens is 258 g/mol. The van der Waals surface area contributed by atoms with Gasteiger partial charge in [0.1, 0.15) is 5.01 Å². The molecular formula is C14H21N3OS. The number of aromatic nitrogens is 2. The average Bonchev–Trinajstić information content (AvgIpc) is 2.94. The molecule has 2 aromatic heterocycles. The normalized spacial score (nSPS) is 11.1. The van der Waals surface area contributed by atoms with Crippen LogP contribution in [0.4, 0.5) is 0 Å². The van der Waals surface area contributed by atoms with Gasteiger partial charge in [-0.3, -0.25) is 0 Å². The molecule has 0 aliphatic rings. The molecule has 0 amide bonds. The maximum Gasteiger partial charge on any atom is 0.113 e. The van der Waals surface area contributed by atoms with Crippen molar-refractivity contribution in [3.8, 4) is 0 Å². The first-order valence-corrected chi connectivity index (χ1v) is 7.28. The molecule has 0 aromatic carbocycles. The van der Waals surface area contributed by atoms with Crippen molar-refractivity contribution in [3.63, 3.8) is 0 Å². The van der Waals surface area contributed by atoms with E-state index < -0.39 is 0 Å². The molecule has 0 aliphatic heterocycles. The highest BCUT2D eigenvalue weighted by Crippen LogP contribution is 2.17. The van der Waals surface area contributed by atoms with Crippen LogP contribution in [-0.4, -0.2) is 29.8 Å². The van der Waals surface area contributed by atoms with Gasteiger partial charge in [0, 0.05) is 37.5 Å². The highest BCUT2D eigenvalue weighted by atomic mass is 32.1. The Balaban J connectivity index is 1.86. The van der Waals surface area contributed by atoms with Crippen LogP contribution in [-0.2, 0) is 17.8 Å². The Kier molecular flexibility index (Phi) is 5.13. The number of nitrogens with zero attached hydrogens (tertiary/aromatic N) is 2. The molecule has 0 bridgehead atoms. The minimum absolute atomic E-state index is 0.748. The van der Waals surface area contributed by atoms with Crippen molar-refractivity contribution in [1.82, 2.24) is 14.9 Å². The molecule has 0 radical (unpaired) electrons. The number of hydrogen-bond donors (Lipinski definition) is 1. The molecule has 0 aliphatic carbocycles. The van der Waals surface area contributed by atoms with E-state index in [9.17, 15) is 0 Å². The Morgan fingerprint density at radius 2 is 2.26 bits per heavy atom. The minimum atomic E-state index is 0.748. The van der Waals surface area contributed by atoms with Crippen LogP contribution in [0.25, 0.3) is 0 Å². The van der Waals surface area contributed by atoms with E-state index >= 15 is 0 Å². The second-order valence-electron chi connectivity index (χ2n) is 4.61. The Bertz CT molecular complexity index is 499. The van der Waals surface area contributed by atoms with E-state index in [4.69, 9.17) is 4.74 Å². The number of methoxy groups -OCH3 is 1. The maximum atomic E-state index is 5.00. The van der Waals surface area contributed by atoms with Gasteiger partial charge in [0.25, 0.3) is 0 Å². The summed E-state index contributed by atoms with van der Waals surface area (Å²) in [6.07, 6.45) is 4.28. The standard InChI is InChI=1S/C14H21N3OS/c1-11-12(2)19-14(16-11)10-17-6-4-13(9-17)8-15-5-7-18-3/h4,6,9,15H,5,7-8,10H2,1-3H3. The van der Waals surface area contributed by atoms with Crippen LogP contribution >= 0.6 is 11.3 Å². The van der Waals surface area contributed by atoms with Crippen LogP contribution < -0.4 is 5.32 Å². The van der Waals surface area contributed by atoms with Gasteiger partial charge in [0.05, 0.1) is 18.8 Å². The van der Waals surface area contributed by atoms with Gasteiger partial charge >= 0.3 is 0 Å². The third kappa shape index (κ3) is 4.16. The second-order valence-corrected chi connectivity index (χ2v) is 5.90. The molecule has 1 N–H and O–H groups in total. The molecule has 2 rings (SSSR count). The van der Waals surface area contributed by atoms with Crippen molar-refractivity contribution in [2.45, 2.75) is 26.9 Å². The zero-order valence-electron chi connectivity index (χ0n) is 11.8. The predicted octanol–water partition coefficient (Wildman–Crippen LogP) is 2.35. The molecule has 0 saturated heterocycles. The Morgan fingerprint density at radius 3 is 2.95 bits per heavy atom. The molecule has 0 spiro atoms. The van der Waals surface area contributed by atoms with Crippen LogP contribution in [0, 0.1) is 13.8 Å². The summed E-state index contributed by atoms with van der Waals surface area (Å²) in [5.41, 5.74) is 2.44. The zero-order chi connectivity index (χ0) is 13.7. The first kappa shape index (κ1) is 14.2. The van der Waals surface area contributed by atoms with Crippen molar-refractivity contribution in [2.75, 3.05) is 20.3 Å². The molecule has 0 unspecified atom stereocenters. The topological polar surface area (TPSA) is 39.1 Å². The number of ether oxygens (including phenoxy) is 1. The van der Waals surface area contributed by atoms with Gasteiger partial charge in [0.2, 0.25) is 0 Å². The lowest BCUT2D eigenvalue weighted by Crippen LogP contribution is -2.18. The lowest BCUT2D eigenvalue weighted by Gasteiger charge is -2.02. The van der Waals surface area contributed by atoms with Gasteiger partial charge in [-0.25, -0.2) is 4.98 Å². The predicted molar refractivity (Wildman–Crippen MR) is 78.7 cm³/mol. The summed E-state index contributed by atoms with van der Waals surface area (Å²) in [6, 6.07) is 2.15. The summed E-state index contributed by atoms with van der Waals surface area (Å²) in [5, 5.41) is 4.51. The number of aryl methyl sites for hydroxylation is 2. The van der Waals surface area contributed by atoms with Crippen LogP contribution in [0.5, 0.6) is 0 Å². The average molecular weight is 279 g/mol. The van der Waals surface area contributed by atoms with Gasteiger partial charge in [-0.2, -0.15) is 0 Å². The second kappa shape index (κ2) is 6.84. The number of thiazole rings is 1. The van der Waals surface area contributed by atoms with E-state index in [2.05, 4.69) is 47.2 Å². The zero-order valence-corrected chi connectivity index (χ0v) is 12.6. The van der Waals surface area contributed by atoms with E-state index in [1.807, 2.05) is 0 Å². The third-order valence-electron chi connectivity index (χ3n) is 3.01. The van der Waals surface area contributed by atoms with E-state index in [1.165, 1.54) is 15.4 Å². The van der Waals surface area contributed by atoms with Crippen molar-refractivity contribution in [2.24, 2.45) is 0 Å². The minimum Gasteiger partial charge on any atom is -0.383 e. The highest BCUT2D eigenvalue weighted by Gasteiger charge is 2.04. The lowest BCUT2D eigenvalue weighted by molar-refractivity contribution is 0.199. The maximum absolute atomic E-state index is 5.00. The highest BCUT2D eigenvalue weighted by molar-refractivity contribution is 7.11. The fraction of sp³-hybridized carbons (Fsp3) is 0.500. The van der Waals surface area contributed by atoms with E-state index in [1.54, 1.807) is 18.4 Å². The molecule has 104 valence electrons. The van der Waals surface area contributed by atoms with Crippen LogP contribution in [0.2, 0.25) is 0 Å². The molecule has 5 heteroatoms. The van der Waals surface area contributed by atoms with Gasteiger partial charge in [-0.1, -0.05) is 0 Å². The molecule has 0 atom stereocenters. The van der Waals surface area contributed by atoms with E-state index in [0.717, 1.165) is 31.9 Å². The molecule has 0 fully saturated rings. The van der Waals surface area contributed by atoms with E-state index in [0.29, 0.717) is 0 Å². The first-order valence-electron chi connectivity index (χ1n) is 6.46. The van der Waals surface area contributed by atoms with Crippen LogP contribution in [0.15, 0.2) is 18.5 Å². The molecule has 19 heavy (non-hydrogen) atoms. The largest absolute Gasteiger partial charge is 0.383 e. The fourth-order valence-electron chi connectivity index (χ4n) is 1.86. The van der Waals surface area contributed by atoms with Crippen molar-refractivity contribution >= 4 is 11.3 Å². The first-order chi connectivity index (χ1) is 9.19. The molecule has 2 aromatic rings. The van der Waals surface area contributed by atoms with Crippen molar-refractivity contribution in [3.05, 3.63) is 39.6 Å². The molecule has 0 saturated carbocycles. The van der Waals surface area contributed by atoms with Crippen LogP contribution in [0.1, 0.15) is 21.1 Å². The summed E-state index contributed by atoms with van der Waals surface area (Å²) in [4.78, 5) is 5.88. The van der Waals surface area contributed by atoms with Crippen molar-refractivity contribution < 1.29 is 4.74 Å². The van der Waals surface area contributed by atoms with Crippen LogP contribution in [0.3, 0.4) is 0 Å². The fourth-order valence-corrected chi connectivity index (χ4v) is 2.81. The smallest absolute Gasteiger partial charge is 0.113 e. The lowest BCUT2D eigenvalue weighted by atomic mass is 10.3. The molecule has 2 heterocycles. The van der Waals surface area contributed by atoms with Gasteiger partial charge in [-0.05, 0) is 25.5 Å². The molecule has 4 nitrogen and oxygen atoms in total. The number of nitrogens with one attached hydrogen (secondary N) is 1. The SMILES string of the molecule is COCCNCc1ccn(Cc2nc(C)c(C)s2)c1. The Morgan fingerprint density at radius 1 is 1.42 bits per heavy atom. The van der Waals surface area contributed by atoms with Gasteiger partial charge in [-0.15, -0.1) is 11.3 Å². The van der Waals surface area contributed by atoms with Gasteiger partial charge in [0.15, 0.2) is 0 Å².